The number of hydrogen-bond acceptors (Lipinski definition) is 9. The molecule has 11 nitrogen and oxygen atoms in total. The maximum absolute atomic E-state index is 13.3. The summed E-state index contributed by atoms with van der Waals surface area (Å²) in [6.45, 7) is 1.56. The lowest BCUT2D eigenvalue weighted by Crippen LogP contribution is -2.21. The molecule has 0 radical (unpaired) electrons. The molecule has 0 saturated heterocycles. The maximum atomic E-state index is 13.3. The van der Waals surface area contributed by atoms with Gasteiger partial charge in [0.05, 0.1) is 17.4 Å². The van der Waals surface area contributed by atoms with E-state index in [9.17, 15) is 28.1 Å². The monoisotopic (exact) mass is 624 g/mol. The van der Waals surface area contributed by atoms with Gasteiger partial charge in [-0.1, -0.05) is 66.7 Å². The molecule has 1 N–H and O–H groups in total. The SMILES string of the molecule is CCOC(=O)NN=CC(c1cc(OCc2ccccc2)c(OCc2ccccc2)c([N+](=O)[O-])c1)c1cccnc1OC(F)(F)F. The van der Waals surface area contributed by atoms with Crippen LogP contribution in [0.1, 0.15) is 35.1 Å². The predicted octanol–water partition coefficient (Wildman–Crippen LogP) is 6.91. The Bertz CT molecular complexity index is 1620. The van der Waals surface area contributed by atoms with E-state index in [1.54, 1.807) is 55.5 Å². The van der Waals surface area contributed by atoms with Crippen LogP contribution in [0.3, 0.4) is 0 Å². The van der Waals surface area contributed by atoms with Crippen LogP contribution in [0.4, 0.5) is 23.7 Å². The number of benzene rings is 3. The molecule has 0 aliphatic carbocycles. The number of carbonyl (C=O) groups excluding carboxylic acids is 1. The molecule has 0 aliphatic rings. The molecule has 1 aromatic heterocycles. The van der Waals surface area contributed by atoms with Gasteiger partial charge in [0, 0.05) is 24.0 Å². The molecule has 14 heteroatoms. The summed E-state index contributed by atoms with van der Waals surface area (Å²) < 4.78 is 60.8. The Kier molecular flexibility index (Phi) is 10.9. The van der Waals surface area contributed by atoms with Gasteiger partial charge in [-0.25, -0.2) is 15.2 Å². The van der Waals surface area contributed by atoms with E-state index in [1.165, 1.54) is 18.2 Å². The van der Waals surface area contributed by atoms with E-state index in [1.807, 2.05) is 12.1 Å². The summed E-state index contributed by atoms with van der Waals surface area (Å²) in [5.41, 5.74) is 2.95. The molecule has 4 rings (SSSR count). The van der Waals surface area contributed by atoms with Crippen LogP contribution in [0.25, 0.3) is 0 Å². The largest absolute Gasteiger partial charge is 0.574 e. The van der Waals surface area contributed by atoms with Crippen molar-refractivity contribution in [2.24, 2.45) is 5.10 Å². The number of hydrogen-bond donors (Lipinski definition) is 1. The summed E-state index contributed by atoms with van der Waals surface area (Å²) in [6.07, 6.45) is -3.86. The zero-order valence-electron chi connectivity index (χ0n) is 23.8. The first-order valence-electron chi connectivity index (χ1n) is 13.5. The van der Waals surface area contributed by atoms with Crippen molar-refractivity contribution in [1.82, 2.24) is 10.4 Å². The van der Waals surface area contributed by atoms with Crippen molar-refractivity contribution >= 4 is 18.0 Å². The van der Waals surface area contributed by atoms with Crippen molar-refractivity contribution < 1.29 is 41.8 Å². The molecular weight excluding hydrogens is 597 g/mol. The van der Waals surface area contributed by atoms with Crippen LogP contribution in [0, 0.1) is 10.1 Å². The Balaban J connectivity index is 1.84. The topological polar surface area (TPSA) is 134 Å². The minimum absolute atomic E-state index is 0.0123. The minimum Gasteiger partial charge on any atom is -0.485 e. The van der Waals surface area contributed by atoms with E-state index in [0.717, 1.165) is 29.6 Å². The summed E-state index contributed by atoms with van der Waals surface area (Å²) in [4.78, 5) is 27.2. The minimum atomic E-state index is -5.10. The number of carbonyl (C=O) groups is 1. The zero-order chi connectivity index (χ0) is 32.2. The van der Waals surface area contributed by atoms with Gasteiger partial charge in [0.25, 0.3) is 0 Å². The molecule has 0 fully saturated rings. The average Bonchev–Trinajstić information content (AvgIpc) is 3.02. The molecule has 3 aromatic carbocycles. The van der Waals surface area contributed by atoms with Crippen molar-refractivity contribution in [3.8, 4) is 17.4 Å². The molecule has 45 heavy (non-hydrogen) atoms. The molecular formula is C31H27F3N4O7. The number of nitrogens with one attached hydrogen (secondary N) is 1. The van der Waals surface area contributed by atoms with E-state index in [0.29, 0.717) is 0 Å². The molecule has 0 aliphatic heterocycles. The van der Waals surface area contributed by atoms with Gasteiger partial charge in [-0.2, -0.15) is 5.10 Å². The Labute approximate surface area is 255 Å². The quantitative estimate of drug-likeness (QED) is 0.0964. The van der Waals surface area contributed by atoms with Crippen LogP contribution >= 0.6 is 0 Å². The van der Waals surface area contributed by atoms with Crippen LogP contribution in [0.2, 0.25) is 0 Å². The molecule has 1 amide bonds. The van der Waals surface area contributed by atoms with Gasteiger partial charge in [0.2, 0.25) is 11.6 Å². The number of alkyl halides is 3. The fourth-order valence-corrected chi connectivity index (χ4v) is 4.15. The van der Waals surface area contributed by atoms with E-state index in [-0.39, 0.29) is 42.4 Å². The lowest BCUT2D eigenvalue weighted by Gasteiger charge is -2.20. The second-order valence-electron chi connectivity index (χ2n) is 9.21. The van der Waals surface area contributed by atoms with E-state index < -0.39 is 34.9 Å². The Morgan fingerprint density at radius 2 is 1.64 bits per heavy atom. The van der Waals surface area contributed by atoms with Gasteiger partial charge >= 0.3 is 18.1 Å². The van der Waals surface area contributed by atoms with E-state index in [4.69, 9.17) is 14.2 Å². The normalized spacial score (nSPS) is 11.9. The second-order valence-corrected chi connectivity index (χ2v) is 9.21. The van der Waals surface area contributed by atoms with Crippen LogP contribution < -0.4 is 19.6 Å². The predicted molar refractivity (Wildman–Crippen MR) is 156 cm³/mol. The lowest BCUT2D eigenvalue weighted by atomic mass is 9.92. The fourth-order valence-electron chi connectivity index (χ4n) is 4.15. The average molecular weight is 625 g/mol. The number of hydrazone groups is 1. The summed E-state index contributed by atoms with van der Waals surface area (Å²) >= 11 is 0. The third-order valence-corrected chi connectivity index (χ3v) is 6.08. The highest BCUT2D eigenvalue weighted by Crippen LogP contribution is 2.43. The van der Waals surface area contributed by atoms with Gasteiger partial charge in [-0.15, -0.1) is 13.2 Å². The molecule has 234 valence electrons. The standard InChI is InChI=1S/C31H27F3N4O7/c1-2-42-30(39)37-36-18-25(24-14-9-15-35-29(24)45-31(32,33)34)23-16-26(38(40)41)28(44-20-22-12-7-4-8-13-22)27(17-23)43-19-21-10-5-3-6-11-21/h3-18,25H,2,19-20H2,1H3,(H,37,39). The summed E-state index contributed by atoms with van der Waals surface area (Å²) in [6, 6.07) is 23.1. The van der Waals surface area contributed by atoms with Crippen molar-refractivity contribution in [1.29, 1.82) is 0 Å². The Morgan fingerprint density at radius 1 is 1.00 bits per heavy atom. The van der Waals surface area contributed by atoms with Gasteiger partial charge in [0.1, 0.15) is 13.2 Å². The summed E-state index contributed by atoms with van der Waals surface area (Å²) in [5.74, 6) is -2.34. The molecule has 1 unspecified atom stereocenters. The fraction of sp³-hybridized carbons (Fsp3) is 0.194. The molecule has 0 bridgehead atoms. The number of nitro groups is 1. The van der Waals surface area contributed by atoms with Gasteiger partial charge in [-0.3, -0.25) is 10.1 Å². The first-order valence-corrected chi connectivity index (χ1v) is 13.5. The second kappa shape index (κ2) is 15.2. The first-order chi connectivity index (χ1) is 21.6. The number of nitrogens with zero attached hydrogens (tertiary/aromatic N) is 3. The van der Waals surface area contributed by atoms with Crippen molar-refractivity contribution in [3.05, 3.63) is 123 Å². The highest BCUT2D eigenvalue weighted by molar-refractivity contribution is 5.77. The van der Waals surface area contributed by atoms with Crippen LogP contribution in [0.5, 0.6) is 17.4 Å². The molecule has 0 spiro atoms. The smallest absolute Gasteiger partial charge is 0.485 e. The Morgan fingerprint density at radius 3 is 2.24 bits per heavy atom. The number of aromatic nitrogens is 1. The number of nitro benzene ring substituents is 1. The van der Waals surface area contributed by atoms with Crippen molar-refractivity contribution in [3.63, 3.8) is 0 Å². The number of halogens is 3. The van der Waals surface area contributed by atoms with Crippen molar-refractivity contribution in [2.45, 2.75) is 32.4 Å². The number of amides is 1. The van der Waals surface area contributed by atoms with Gasteiger partial charge < -0.3 is 18.9 Å². The maximum Gasteiger partial charge on any atom is 0.574 e. The van der Waals surface area contributed by atoms with E-state index >= 15 is 0 Å². The zero-order valence-corrected chi connectivity index (χ0v) is 23.8. The summed E-state index contributed by atoms with van der Waals surface area (Å²) in [7, 11) is 0. The third-order valence-electron chi connectivity index (χ3n) is 6.08. The van der Waals surface area contributed by atoms with Crippen LogP contribution in [-0.2, 0) is 18.0 Å². The molecule has 1 heterocycles. The highest BCUT2D eigenvalue weighted by atomic mass is 19.4. The number of pyridine rings is 1. The number of rotatable bonds is 13. The number of ether oxygens (including phenoxy) is 4. The lowest BCUT2D eigenvalue weighted by molar-refractivity contribution is -0.386. The van der Waals surface area contributed by atoms with Gasteiger partial charge in [-0.05, 0) is 35.7 Å². The summed E-state index contributed by atoms with van der Waals surface area (Å²) in [5, 5.41) is 16.2. The van der Waals surface area contributed by atoms with E-state index in [2.05, 4.69) is 20.2 Å². The van der Waals surface area contributed by atoms with Crippen molar-refractivity contribution in [2.75, 3.05) is 6.61 Å². The van der Waals surface area contributed by atoms with Crippen LogP contribution in [-0.4, -0.2) is 35.2 Å². The van der Waals surface area contributed by atoms with Crippen LogP contribution in [0.15, 0.2) is 96.2 Å². The third kappa shape index (κ3) is 9.41. The highest BCUT2D eigenvalue weighted by Gasteiger charge is 2.35. The van der Waals surface area contributed by atoms with Gasteiger partial charge in [0.15, 0.2) is 5.75 Å². The molecule has 1 atom stereocenters. The Hall–Kier alpha value is -5.66. The molecule has 0 saturated carbocycles. The molecule has 4 aromatic rings. The first kappa shape index (κ1) is 32.3.